The number of nitrogens with zero attached hydrogens (tertiary/aromatic N) is 1. The Kier molecular flexibility index (Phi) is 7.43. The Morgan fingerprint density at radius 3 is 2.42 bits per heavy atom. The third-order valence-corrected chi connectivity index (χ3v) is 6.93. The number of ketones is 1. The number of amides is 1. The Hall–Kier alpha value is -3.28. The number of carbonyl (C=O) groups is 2. The Bertz CT molecular complexity index is 1380. The first-order valence-corrected chi connectivity index (χ1v) is 12.5. The number of aliphatic hydroxyl groups excluding tert-OH is 1. The summed E-state index contributed by atoms with van der Waals surface area (Å²) in [6.45, 7) is 8.39. The van der Waals surface area contributed by atoms with Crippen LogP contribution in [-0.2, 0) is 9.59 Å². The van der Waals surface area contributed by atoms with Gasteiger partial charge in [-0.2, -0.15) is 0 Å². The first-order valence-electron chi connectivity index (χ1n) is 11.7. The highest BCUT2D eigenvalue weighted by Gasteiger charge is 2.47. The summed E-state index contributed by atoms with van der Waals surface area (Å²) < 4.78 is 5.75. The van der Waals surface area contributed by atoms with Crippen molar-refractivity contribution in [3.8, 4) is 5.75 Å². The van der Waals surface area contributed by atoms with Gasteiger partial charge in [0, 0.05) is 11.3 Å². The first-order chi connectivity index (χ1) is 17.1. The van der Waals surface area contributed by atoms with Crippen molar-refractivity contribution in [3.05, 3.63) is 98.5 Å². The third kappa shape index (κ3) is 4.73. The van der Waals surface area contributed by atoms with Gasteiger partial charge in [-0.25, -0.2) is 0 Å². The highest BCUT2D eigenvalue weighted by atomic mass is 35.5. The fraction of sp³-hybridized carbons (Fsp3) is 0.241. The molecule has 0 bridgehead atoms. The lowest BCUT2D eigenvalue weighted by atomic mass is 9.92. The third-order valence-electron chi connectivity index (χ3n) is 6.19. The zero-order valence-corrected chi connectivity index (χ0v) is 22.0. The molecule has 0 aromatic heterocycles. The van der Waals surface area contributed by atoms with Crippen molar-refractivity contribution < 1.29 is 19.4 Å². The van der Waals surface area contributed by atoms with Crippen molar-refractivity contribution in [2.45, 2.75) is 39.7 Å². The van der Waals surface area contributed by atoms with E-state index in [2.05, 4.69) is 0 Å². The van der Waals surface area contributed by atoms with Gasteiger partial charge in [0.2, 0.25) is 0 Å². The Morgan fingerprint density at radius 1 is 1.03 bits per heavy atom. The molecule has 0 aliphatic carbocycles. The van der Waals surface area contributed by atoms with Crippen LogP contribution in [0.15, 0.2) is 66.2 Å². The normalized spacial score (nSPS) is 17.2. The number of hydrogen-bond donors (Lipinski definition) is 1. The lowest BCUT2D eigenvalue weighted by Crippen LogP contribution is -2.29. The van der Waals surface area contributed by atoms with Crippen LogP contribution in [0.3, 0.4) is 0 Å². The molecule has 0 spiro atoms. The fourth-order valence-corrected chi connectivity index (χ4v) is 4.77. The standard InChI is InChI=1S/C29H27Cl2NO4/c1-5-36-24-12-9-19(14-21(24)16(2)3)27(33)25-26(18-8-6-7-17(4)13-18)32(29(35)28(25)34)20-10-11-22(30)23(31)15-20/h6-16,26,33H,5H2,1-4H3/b27-25-. The van der Waals surface area contributed by atoms with E-state index in [4.69, 9.17) is 27.9 Å². The van der Waals surface area contributed by atoms with Gasteiger partial charge in [-0.05, 0) is 67.3 Å². The molecule has 1 fully saturated rings. The summed E-state index contributed by atoms with van der Waals surface area (Å²) in [7, 11) is 0. The molecule has 5 nitrogen and oxygen atoms in total. The number of rotatable bonds is 6. The number of benzene rings is 3. The van der Waals surface area contributed by atoms with Crippen molar-refractivity contribution in [3.63, 3.8) is 0 Å². The van der Waals surface area contributed by atoms with E-state index in [0.29, 0.717) is 28.4 Å². The van der Waals surface area contributed by atoms with E-state index in [1.165, 1.54) is 4.90 Å². The van der Waals surface area contributed by atoms with Crippen LogP contribution in [-0.4, -0.2) is 23.4 Å². The van der Waals surface area contributed by atoms with Gasteiger partial charge in [0.15, 0.2) is 0 Å². The molecule has 0 radical (unpaired) electrons. The van der Waals surface area contributed by atoms with E-state index in [1.54, 1.807) is 30.3 Å². The molecule has 7 heteroatoms. The van der Waals surface area contributed by atoms with Crippen LogP contribution in [0, 0.1) is 6.92 Å². The predicted molar refractivity (Wildman–Crippen MR) is 144 cm³/mol. The van der Waals surface area contributed by atoms with Gasteiger partial charge in [-0.3, -0.25) is 14.5 Å². The van der Waals surface area contributed by atoms with E-state index in [1.807, 2.05) is 58.0 Å². The molecular formula is C29H27Cl2NO4. The quantitative estimate of drug-likeness (QED) is 0.207. The molecule has 3 aromatic rings. The van der Waals surface area contributed by atoms with Crippen LogP contribution in [0.2, 0.25) is 10.0 Å². The largest absolute Gasteiger partial charge is 0.507 e. The van der Waals surface area contributed by atoms with Crippen molar-refractivity contribution in [1.29, 1.82) is 0 Å². The molecule has 1 N–H and O–H groups in total. The molecule has 186 valence electrons. The molecule has 1 atom stereocenters. The van der Waals surface area contributed by atoms with Crippen molar-refractivity contribution in [2.75, 3.05) is 11.5 Å². The van der Waals surface area contributed by atoms with E-state index in [9.17, 15) is 14.7 Å². The molecular weight excluding hydrogens is 497 g/mol. The average molecular weight is 524 g/mol. The number of halogens is 2. The van der Waals surface area contributed by atoms with Crippen LogP contribution < -0.4 is 9.64 Å². The SMILES string of the molecule is CCOc1ccc(/C(O)=C2/C(=O)C(=O)N(c3ccc(Cl)c(Cl)c3)C2c2cccc(C)c2)cc1C(C)C. The first kappa shape index (κ1) is 25.8. The van der Waals surface area contributed by atoms with Crippen molar-refractivity contribution in [1.82, 2.24) is 0 Å². The van der Waals surface area contributed by atoms with Crippen molar-refractivity contribution >= 4 is 46.3 Å². The molecule has 4 rings (SSSR count). The summed E-state index contributed by atoms with van der Waals surface area (Å²) in [5.74, 6) is -0.935. The number of carbonyl (C=O) groups excluding carboxylic acids is 2. The van der Waals surface area contributed by atoms with E-state index < -0.39 is 17.7 Å². The zero-order valence-electron chi connectivity index (χ0n) is 20.5. The van der Waals surface area contributed by atoms with Crippen molar-refractivity contribution in [2.24, 2.45) is 0 Å². The van der Waals surface area contributed by atoms with Gasteiger partial charge < -0.3 is 9.84 Å². The number of aryl methyl sites for hydroxylation is 1. The molecule has 1 saturated heterocycles. The minimum absolute atomic E-state index is 0.00976. The number of Topliss-reactive ketones (excluding diaryl/α,β-unsaturated/α-hetero) is 1. The maximum Gasteiger partial charge on any atom is 0.300 e. The van der Waals surface area contributed by atoms with Gasteiger partial charge in [0.05, 0.1) is 28.3 Å². The molecule has 36 heavy (non-hydrogen) atoms. The second-order valence-corrected chi connectivity index (χ2v) is 9.84. The highest BCUT2D eigenvalue weighted by molar-refractivity contribution is 6.52. The average Bonchev–Trinajstić information content (AvgIpc) is 3.11. The van der Waals surface area contributed by atoms with E-state index >= 15 is 0 Å². The van der Waals surface area contributed by atoms with E-state index in [0.717, 1.165) is 16.9 Å². The Balaban J connectivity index is 1.95. The number of anilines is 1. The molecule has 1 unspecified atom stereocenters. The van der Waals surface area contributed by atoms with Gasteiger partial charge >= 0.3 is 0 Å². The number of ether oxygens (including phenoxy) is 1. The lowest BCUT2D eigenvalue weighted by molar-refractivity contribution is -0.132. The minimum Gasteiger partial charge on any atom is -0.507 e. The van der Waals surface area contributed by atoms with E-state index in [-0.39, 0.29) is 22.3 Å². The fourth-order valence-electron chi connectivity index (χ4n) is 4.48. The topological polar surface area (TPSA) is 66.8 Å². The molecule has 1 amide bonds. The summed E-state index contributed by atoms with van der Waals surface area (Å²) in [5.41, 5.74) is 3.40. The Labute approximate surface area is 220 Å². The summed E-state index contributed by atoms with van der Waals surface area (Å²) in [6, 6.07) is 16.7. The molecule has 0 saturated carbocycles. The van der Waals surface area contributed by atoms with Gasteiger partial charge in [-0.15, -0.1) is 0 Å². The number of aliphatic hydroxyl groups is 1. The van der Waals surface area contributed by atoms with Gasteiger partial charge in [0.25, 0.3) is 11.7 Å². The van der Waals surface area contributed by atoms with Crippen LogP contribution >= 0.6 is 23.2 Å². The predicted octanol–water partition coefficient (Wildman–Crippen LogP) is 7.45. The molecule has 1 heterocycles. The maximum atomic E-state index is 13.4. The molecule has 3 aromatic carbocycles. The summed E-state index contributed by atoms with van der Waals surface area (Å²) in [5, 5.41) is 12.1. The Morgan fingerprint density at radius 2 is 1.78 bits per heavy atom. The second-order valence-electron chi connectivity index (χ2n) is 9.02. The lowest BCUT2D eigenvalue weighted by Gasteiger charge is -2.26. The van der Waals surface area contributed by atoms with Crippen LogP contribution in [0.4, 0.5) is 5.69 Å². The van der Waals surface area contributed by atoms with Gasteiger partial charge in [-0.1, -0.05) is 66.9 Å². The maximum absolute atomic E-state index is 13.4. The van der Waals surface area contributed by atoms with Gasteiger partial charge in [0.1, 0.15) is 11.5 Å². The second kappa shape index (κ2) is 10.4. The zero-order chi connectivity index (χ0) is 26.1. The monoisotopic (exact) mass is 523 g/mol. The summed E-state index contributed by atoms with van der Waals surface area (Å²) >= 11 is 12.3. The molecule has 1 aliphatic rings. The number of hydrogen-bond acceptors (Lipinski definition) is 4. The summed E-state index contributed by atoms with van der Waals surface area (Å²) in [4.78, 5) is 28.1. The summed E-state index contributed by atoms with van der Waals surface area (Å²) in [6.07, 6.45) is 0. The van der Waals surface area contributed by atoms with Crippen LogP contribution in [0.5, 0.6) is 5.75 Å². The highest BCUT2D eigenvalue weighted by Crippen LogP contribution is 2.44. The van der Waals surface area contributed by atoms with Crippen LogP contribution in [0.1, 0.15) is 55.0 Å². The minimum atomic E-state index is -0.851. The van der Waals surface area contributed by atoms with Crippen LogP contribution in [0.25, 0.3) is 5.76 Å². The molecule has 1 aliphatic heterocycles. The smallest absolute Gasteiger partial charge is 0.300 e.